The van der Waals surface area contributed by atoms with E-state index in [1.165, 1.54) is 0 Å². The number of halogens is 2. The highest BCUT2D eigenvalue weighted by atomic mass is 19.1. The third kappa shape index (κ3) is 2.94. The third-order valence-corrected chi connectivity index (χ3v) is 3.18. The number of fused-ring (bicyclic) bond motifs is 1. The van der Waals surface area contributed by atoms with Gasteiger partial charge in [0.2, 0.25) is 0 Å². The highest BCUT2D eigenvalue weighted by molar-refractivity contribution is 5.97. The molecule has 0 amide bonds. The molecule has 21 heavy (non-hydrogen) atoms. The molecule has 0 spiro atoms. The van der Waals surface area contributed by atoms with Crippen LogP contribution in [0.1, 0.15) is 16.1 Å². The van der Waals surface area contributed by atoms with Gasteiger partial charge in [0.25, 0.3) is 0 Å². The number of para-hydroxylation sites is 1. The van der Waals surface area contributed by atoms with Crippen molar-refractivity contribution in [2.75, 3.05) is 0 Å². The number of benzene rings is 2. The average molecular weight is 283 g/mol. The maximum Gasteiger partial charge on any atom is 0.169 e. The number of rotatable bonds is 3. The molecule has 0 fully saturated rings. The zero-order valence-electron chi connectivity index (χ0n) is 11.0. The molecule has 3 aromatic rings. The van der Waals surface area contributed by atoms with Crippen LogP contribution in [-0.4, -0.2) is 10.8 Å². The van der Waals surface area contributed by atoms with E-state index in [0.717, 1.165) is 29.1 Å². The lowest BCUT2D eigenvalue weighted by Gasteiger charge is -2.04. The predicted octanol–water partition coefficient (Wildman–Crippen LogP) is 3.94. The van der Waals surface area contributed by atoms with Crippen molar-refractivity contribution in [3.05, 3.63) is 77.5 Å². The van der Waals surface area contributed by atoms with Crippen LogP contribution in [0.25, 0.3) is 10.9 Å². The minimum atomic E-state index is -0.759. The molecule has 4 heteroatoms. The summed E-state index contributed by atoms with van der Waals surface area (Å²) in [6.07, 6.45) is 0.00767. The molecule has 104 valence electrons. The lowest BCUT2D eigenvalue weighted by molar-refractivity contribution is 0.0991. The molecule has 0 radical (unpaired) electrons. The summed E-state index contributed by atoms with van der Waals surface area (Å²) >= 11 is 0. The van der Waals surface area contributed by atoms with Gasteiger partial charge in [0, 0.05) is 22.7 Å². The number of Topliss-reactive ketones (excluding diaryl/α,β-unsaturated/α-hetero) is 1. The first-order valence-corrected chi connectivity index (χ1v) is 6.46. The van der Waals surface area contributed by atoms with Crippen LogP contribution in [0.15, 0.2) is 54.6 Å². The van der Waals surface area contributed by atoms with Crippen molar-refractivity contribution in [1.29, 1.82) is 0 Å². The van der Waals surface area contributed by atoms with Crippen LogP contribution in [0.2, 0.25) is 0 Å². The Morgan fingerprint density at radius 2 is 1.67 bits per heavy atom. The maximum absolute atomic E-state index is 13.1. The van der Waals surface area contributed by atoms with Crippen LogP contribution < -0.4 is 0 Å². The van der Waals surface area contributed by atoms with Gasteiger partial charge in [0.15, 0.2) is 5.78 Å². The summed E-state index contributed by atoms with van der Waals surface area (Å²) < 4.78 is 26.3. The van der Waals surface area contributed by atoms with Gasteiger partial charge < -0.3 is 0 Å². The Labute approximate surface area is 120 Å². The molecule has 2 aromatic carbocycles. The van der Waals surface area contributed by atoms with Crippen LogP contribution in [0.5, 0.6) is 0 Å². The van der Waals surface area contributed by atoms with E-state index < -0.39 is 11.6 Å². The van der Waals surface area contributed by atoms with Crippen LogP contribution >= 0.6 is 0 Å². The fourth-order valence-electron chi connectivity index (χ4n) is 2.19. The first-order chi connectivity index (χ1) is 10.1. The van der Waals surface area contributed by atoms with Gasteiger partial charge in [0.05, 0.1) is 11.9 Å². The van der Waals surface area contributed by atoms with Gasteiger partial charge in [-0.1, -0.05) is 24.3 Å². The number of carbonyl (C=O) groups excluding carboxylic acids is 1. The number of nitrogens with zero attached hydrogens (tertiary/aromatic N) is 1. The first kappa shape index (κ1) is 13.4. The zero-order valence-corrected chi connectivity index (χ0v) is 11.0. The van der Waals surface area contributed by atoms with Crippen molar-refractivity contribution in [2.24, 2.45) is 0 Å². The standard InChI is InChI=1S/C17H11F2NO/c18-13-7-12(8-14(19)9-13)17(21)10-15-6-5-11-3-1-2-4-16(11)20-15/h1-9H,10H2. The second-order valence-corrected chi connectivity index (χ2v) is 4.75. The van der Waals surface area contributed by atoms with E-state index in [1.54, 1.807) is 6.07 Å². The Bertz CT molecular complexity index is 810. The molecule has 1 aromatic heterocycles. The molecule has 2 nitrogen and oxygen atoms in total. The summed E-state index contributed by atoms with van der Waals surface area (Å²) in [4.78, 5) is 16.5. The van der Waals surface area contributed by atoms with Gasteiger partial charge in [0.1, 0.15) is 11.6 Å². The number of aromatic nitrogens is 1. The normalized spacial score (nSPS) is 10.8. The van der Waals surface area contributed by atoms with Crippen LogP contribution in [0.3, 0.4) is 0 Å². The van der Waals surface area contributed by atoms with E-state index >= 15 is 0 Å². The monoisotopic (exact) mass is 283 g/mol. The van der Waals surface area contributed by atoms with Crippen molar-refractivity contribution >= 4 is 16.7 Å². The molecule has 1 heterocycles. The summed E-state index contributed by atoms with van der Waals surface area (Å²) in [5.41, 5.74) is 1.37. The summed E-state index contributed by atoms with van der Waals surface area (Å²) in [5.74, 6) is -1.88. The second-order valence-electron chi connectivity index (χ2n) is 4.75. The quantitative estimate of drug-likeness (QED) is 0.681. The Morgan fingerprint density at radius 1 is 0.952 bits per heavy atom. The number of hydrogen-bond donors (Lipinski definition) is 0. The fourth-order valence-corrected chi connectivity index (χ4v) is 2.19. The predicted molar refractivity (Wildman–Crippen MR) is 76.1 cm³/mol. The molecule has 3 rings (SSSR count). The Morgan fingerprint density at radius 3 is 2.43 bits per heavy atom. The first-order valence-electron chi connectivity index (χ1n) is 6.46. The van der Waals surface area contributed by atoms with Gasteiger partial charge in [-0.2, -0.15) is 0 Å². The van der Waals surface area contributed by atoms with E-state index in [4.69, 9.17) is 0 Å². The highest BCUT2D eigenvalue weighted by Gasteiger charge is 2.11. The SMILES string of the molecule is O=C(Cc1ccc2ccccc2n1)c1cc(F)cc(F)c1. The molecule has 0 atom stereocenters. The van der Waals surface area contributed by atoms with Crippen molar-refractivity contribution in [3.63, 3.8) is 0 Å². The zero-order chi connectivity index (χ0) is 14.8. The van der Waals surface area contributed by atoms with Crippen LogP contribution in [0, 0.1) is 11.6 Å². The molecular weight excluding hydrogens is 272 g/mol. The molecule has 0 aliphatic heterocycles. The second kappa shape index (κ2) is 5.40. The Balaban J connectivity index is 1.88. The molecule has 0 saturated carbocycles. The number of ketones is 1. The molecule has 0 aliphatic carbocycles. The summed E-state index contributed by atoms with van der Waals surface area (Å²) in [5, 5.41) is 0.977. The van der Waals surface area contributed by atoms with Crippen LogP contribution in [-0.2, 0) is 6.42 Å². The highest BCUT2D eigenvalue weighted by Crippen LogP contribution is 2.15. The number of carbonyl (C=O) groups is 1. The maximum atomic E-state index is 13.1. The number of pyridine rings is 1. The largest absolute Gasteiger partial charge is 0.294 e. The molecule has 0 N–H and O–H groups in total. The van der Waals surface area contributed by atoms with Gasteiger partial charge in [-0.3, -0.25) is 9.78 Å². The average Bonchev–Trinajstić information content (AvgIpc) is 2.46. The van der Waals surface area contributed by atoms with Crippen molar-refractivity contribution in [3.8, 4) is 0 Å². The Kier molecular flexibility index (Phi) is 3.44. The van der Waals surface area contributed by atoms with Crippen LogP contribution in [0.4, 0.5) is 8.78 Å². The van der Waals surface area contributed by atoms with E-state index in [2.05, 4.69) is 4.98 Å². The lowest BCUT2D eigenvalue weighted by atomic mass is 10.1. The summed E-state index contributed by atoms with van der Waals surface area (Å²) in [6, 6.07) is 14.0. The van der Waals surface area contributed by atoms with Crippen molar-refractivity contribution in [1.82, 2.24) is 4.98 Å². The Hall–Kier alpha value is -2.62. The topological polar surface area (TPSA) is 30.0 Å². The molecule has 0 aliphatic rings. The van der Waals surface area contributed by atoms with E-state index in [9.17, 15) is 13.6 Å². The van der Waals surface area contributed by atoms with Gasteiger partial charge in [-0.05, 0) is 24.3 Å². The van der Waals surface area contributed by atoms with E-state index in [-0.39, 0.29) is 17.8 Å². The smallest absolute Gasteiger partial charge is 0.169 e. The lowest BCUT2D eigenvalue weighted by Crippen LogP contribution is -2.06. The van der Waals surface area contributed by atoms with Crippen molar-refractivity contribution < 1.29 is 13.6 Å². The fraction of sp³-hybridized carbons (Fsp3) is 0.0588. The van der Waals surface area contributed by atoms with Crippen molar-refractivity contribution in [2.45, 2.75) is 6.42 Å². The minimum Gasteiger partial charge on any atom is -0.294 e. The molecule has 0 unspecified atom stereocenters. The summed E-state index contributed by atoms with van der Waals surface area (Å²) in [6.45, 7) is 0. The van der Waals surface area contributed by atoms with Gasteiger partial charge in [-0.15, -0.1) is 0 Å². The van der Waals surface area contributed by atoms with Gasteiger partial charge in [-0.25, -0.2) is 8.78 Å². The molecular formula is C17H11F2NO. The van der Waals surface area contributed by atoms with E-state index in [1.807, 2.05) is 30.3 Å². The molecule has 0 saturated heterocycles. The molecule has 0 bridgehead atoms. The van der Waals surface area contributed by atoms with Gasteiger partial charge >= 0.3 is 0 Å². The third-order valence-electron chi connectivity index (χ3n) is 3.18. The van der Waals surface area contributed by atoms with E-state index in [0.29, 0.717) is 5.69 Å². The number of hydrogen-bond acceptors (Lipinski definition) is 2. The minimum absolute atomic E-state index is 0.00767. The summed E-state index contributed by atoms with van der Waals surface area (Å²) in [7, 11) is 0.